The molecule has 0 aliphatic carbocycles. The molecule has 5 rings (SSSR count). The highest BCUT2D eigenvalue weighted by molar-refractivity contribution is 8.18. The van der Waals surface area contributed by atoms with Crippen LogP contribution in [0, 0.1) is 5.82 Å². The van der Waals surface area contributed by atoms with Crippen molar-refractivity contribution in [1.29, 1.82) is 0 Å². The van der Waals surface area contributed by atoms with Crippen molar-refractivity contribution in [1.82, 2.24) is 4.90 Å². The van der Waals surface area contributed by atoms with Crippen LogP contribution in [-0.4, -0.2) is 16.0 Å². The van der Waals surface area contributed by atoms with E-state index in [-0.39, 0.29) is 23.5 Å². The Balaban J connectivity index is 1.39. The summed E-state index contributed by atoms with van der Waals surface area (Å²) < 4.78 is 19.2. The first-order valence-electron chi connectivity index (χ1n) is 9.66. The number of hydrogen-bond acceptors (Lipinski definition) is 4. The fourth-order valence-corrected chi connectivity index (χ4v) is 4.41. The topological polar surface area (TPSA) is 50.5 Å². The first kappa shape index (κ1) is 19.3. The second-order valence-electron chi connectivity index (χ2n) is 7.12. The maximum atomic E-state index is 13.5. The minimum absolute atomic E-state index is 0.204. The van der Waals surface area contributed by atoms with Gasteiger partial charge in [0.25, 0.3) is 11.1 Å². The van der Waals surface area contributed by atoms with Gasteiger partial charge in [-0.05, 0) is 52.4 Å². The number of benzene rings is 3. The molecule has 31 heavy (non-hydrogen) atoms. The number of nitrogens with zero attached hydrogens (tertiary/aromatic N) is 1. The molecule has 1 aliphatic heterocycles. The molecule has 0 saturated carbocycles. The summed E-state index contributed by atoms with van der Waals surface area (Å²) in [6.07, 6.45) is 1.55. The normalized spacial score (nSPS) is 15.4. The average Bonchev–Trinajstić information content (AvgIpc) is 3.34. The third kappa shape index (κ3) is 3.78. The minimum atomic E-state index is -0.356. The molecule has 0 atom stereocenters. The lowest BCUT2D eigenvalue weighted by atomic mass is 10.0. The lowest BCUT2D eigenvalue weighted by Crippen LogP contribution is -2.27. The van der Waals surface area contributed by atoms with Gasteiger partial charge < -0.3 is 4.42 Å². The molecule has 6 heteroatoms. The Morgan fingerprint density at radius 2 is 1.74 bits per heavy atom. The van der Waals surface area contributed by atoms with Crippen LogP contribution in [0.25, 0.3) is 28.2 Å². The van der Waals surface area contributed by atoms with Crippen molar-refractivity contribution in [2.45, 2.75) is 6.54 Å². The van der Waals surface area contributed by atoms with Gasteiger partial charge in [-0.3, -0.25) is 14.5 Å². The van der Waals surface area contributed by atoms with Gasteiger partial charge >= 0.3 is 0 Å². The lowest BCUT2D eigenvalue weighted by molar-refractivity contribution is -0.123. The lowest BCUT2D eigenvalue weighted by Gasteiger charge is -2.14. The molecule has 1 aliphatic rings. The van der Waals surface area contributed by atoms with Gasteiger partial charge in [0.15, 0.2) is 0 Å². The summed E-state index contributed by atoms with van der Waals surface area (Å²) in [4.78, 5) is 27.0. The van der Waals surface area contributed by atoms with Gasteiger partial charge in [-0.2, -0.15) is 0 Å². The van der Waals surface area contributed by atoms with E-state index < -0.39 is 0 Å². The van der Waals surface area contributed by atoms with E-state index in [9.17, 15) is 14.0 Å². The number of furan rings is 1. The minimum Gasteiger partial charge on any atom is -0.457 e. The Kier molecular flexibility index (Phi) is 4.92. The van der Waals surface area contributed by atoms with E-state index in [1.54, 1.807) is 30.3 Å². The van der Waals surface area contributed by atoms with Crippen LogP contribution in [0.15, 0.2) is 88.2 Å². The third-order valence-corrected chi connectivity index (χ3v) is 6.00. The monoisotopic (exact) mass is 429 g/mol. The van der Waals surface area contributed by atoms with Crippen molar-refractivity contribution in [2.24, 2.45) is 0 Å². The Labute approximate surface area is 182 Å². The molecule has 1 aromatic heterocycles. The van der Waals surface area contributed by atoms with Crippen LogP contribution >= 0.6 is 11.8 Å². The Morgan fingerprint density at radius 1 is 0.935 bits per heavy atom. The quantitative estimate of drug-likeness (QED) is 0.349. The van der Waals surface area contributed by atoms with Gasteiger partial charge in [-0.25, -0.2) is 4.39 Å². The van der Waals surface area contributed by atoms with E-state index in [4.69, 9.17) is 4.42 Å². The Hall–Kier alpha value is -3.64. The van der Waals surface area contributed by atoms with Gasteiger partial charge in [0, 0.05) is 11.6 Å². The highest BCUT2D eigenvalue weighted by Gasteiger charge is 2.35. The van der Waals surface area contributed by atoms with Crippen LogP contribution in [0.3, 0.4) is 0 Å². The zero-order valence-electron chi connectivity index (χ0n) is 16.2. The van der Waals surface area contributed by atoms with Crippen molar-refractivity contribution in [3.05, 3.63) is 101 Å². The van der Waals surface area contributed by atoms with Gasteiger partial charge in [0.05, 0.1) is 11.4 Å². The molecule has 152 valence electrons. The van der Waals surface area contributed by atoms with Gasteiger partial charge in [0.2, 0.25) is 0 Å². The summed E-state index contributed by atoms with van der Waals surface area (Å²) in [6.45, 7) is 0.204. The number of amides is 2. The summed E-state index contributed by atoms with van der Waals surface area (Å²) in [5, 5.41) is 1.75. The van der Waals surface area contributed by atoms with E-state index in [1.807, 2.05) is 42.5 Å². The maximum absolute atomic E-state index is 13.5. The molecular weight excluding hydrogens is 413 g/mol. The predicted octanol–water partition coefficient (Wildman–Crippen LogP) is 6.48. The largest absolute Gasteiger partial charge is 0.457 e. The molecule has 0 spiro atoms. The van der Waals surface area contributed by atoms with Crippen LogP contribution in [-0.2, 0) is 11.3 Å². The van der Waals surface area contributed by atoms with Crippen LogP contribution in [0.4, 0.5) is 9.18 Å². The molecule has 2 heterocycles. The third-order valence-electron chi connectivity index (χ3n) is 5.09. The SMILES string of the molecule is O=C1S/C(=C/c2ccc(-c3cccc(F)c3)o2)C(=O)N1Cc1cccc2ccccc12. The molecule has 3 aromatic carbocycles. The number of hydrogen-bond donors (Lipinski definition) is 0. The molecule has 1 saturated heterocycles. The molecular formula is C25H16FNO3S. The van der Waals surface area contributed by atoms with E-state index in [0.717, 1.165) is 28.1 Å². The molecule has 4 aromatic rings. The summed E-state index contributed by atoms with van der Waals surface area (Å²) in [5.41, 5.74) is 1.51. The second kappa shape index (κ2) is 7.89. The van der Waals surface area contributed by atoms with Crippen molar-refractivity contribution in [3.63, 3.8) is 0 Å². The molecule has 4 nitrogen and oxygen atoms in total. The van der Waals surface area contributed by atoms with Gasteiger partial charge in [0.1, 0.15) is 17.3 Å². The number of carbonyl (C=O) groups excluding carboxylic acids is 2. The van der Waals surface area contributed by atoms with Crippen molar-refractivity contribution >= 4 is 39.8 Å². The van der Waals surface area contributed by atoms with Crippen molar-refractivity contribution in [2.75, 3.05) is 0 Å². The summed E-state index contributed by atoms with van der Waals surface area (Å²) >= 11 is 0.887. The van der Waals surface area contributed by atoms with E-state index in [2.05, 4.69) is 0 Å². The highest BCUT2D eigenvalue weighted by atomic mass is 32.2. The number of fused-ring (bicyclic) bond motifs is 1. The Bertz CT molecular complexity index is 1350. The van der Waals surface area contributed by atoms with Gasteiger partial charge in [-0.1, -0.05) is 54.6 Å². The number of imide groups is 1. The first-order valence-corrected chi connectivity index (χ1v) is 10.5. The van der Waals surface area contributed by atoms with Crippen LogP contribution < -0.4 is 0 Å². The molecule has 0 radical (unpaired) electrons. The zero-order chi connectivity index (χ0) is 21.4. The highest BCUT2D eigenvalue weighted by Crippen LogP contribution is 2.35. The number of thioether (sulfide) groups is 1. The average molecular weight is 429 g/mol. The van der Waals surface area contributed by atoms with E-state index in [1.165, 1.54) is 17.0 Å². The molecule has 0 bridgehead atoms. The van der Waals surface area contributed by atoms with Crippen molar-refractivity contribution in [3.8, 4) is 11.3 Å². The molecule has 0 N–H and O–H groups in total. The fourth-order valence-electron chi connectivity index (χ4n) is 3.59. The first-order chi connectivity index (χ1) is 15.1. The summed E-state index contributed by atoms with van der Waals surface area (Å²) in [6, 6.07) is 23.2. The number of carbonyl (C=O) groups is 2. The van der Waals surface area contributed by atoms with Crippen LogP contribution in [0.2, 0.25) is 0 Å². The maximum Gasteiger partial charge on any atom is 0.293 e. The van der Waals surface area contributed by atoms with E-state index >= 15 is 0 Å². The predicted molar refractivity (Wildman–Crippen MR) is 120 cm³/mol. The summed E-state index contributed by atoms with van der Waals surface area (Å²) in [7, 11) is 0. The smallest absolute Gasteiger partial charge is 0.293 e. The number of rotatable bonds is 4. The van der Waals surface area contributed by atoms with Gasteiger partial charge in [-0.15, -0.1) is 0 Å². The van der Waals surface area contributed by atoms with Crippen molar-refractivity contribution < 1.29 is 18.4 Å². The van der Waals surface area contributed by atoms with Crippen LogP contribution in [0.5, 0.6) is 0 Å². The molecule has 0 unspecified atom stereocenters. The molecule has 1 fully saturated rings. The number of halogens is 1. The standard InChI is InChI=1S/C25H16FNO3S/c26-19-9-4-7-17(13-19)22-12-11-20(30-22)14-23-24(28)27(25(29)31-23)15-18-8-3-6-16-5-1-2-10-21(16)18/h1-14H,15H2/b23-14+. The Morgan fingerprint density at radius 3 is 2.61 bits per heavy atom. The van der Waals surface area contributed by atoms with Crippen LogP contribution in [0.1, 0.15) is 11.3 Å². The zero-order valence-corrected chi connectivity index (χ0v) is 17.1. The van der Waals surface area contributed by atoms with E-state index in [0.29, 0.717) is 22.0 Å². The second-order valence-corrected chi connectivity index (χ2v) is 8.11. The summed E-state index contributed by atoms with van der Waals surface area (Å²) in [5.74, 6) is 0.201. The molecule has 2 amide bonds. The fraction of sp³-hybridized carbons (Fsp3) is 0.0400.